The van der Waals surface area contributed by atoms with Gasteiger partial charge in [-0.3, -0.25) is 9.98 Å². The Morgan fingerprint density at radius 2 is 1.79 bits per heavy atom. The van der Waals surface area contributed by atoms with Crippen LogP contribution in [-0.2, 0) is 6.42 Å². The van der Waals surface area contributed by atoms with Gasteiger partial charge in [-0.2, -0.15) is 0 Å². The molecule has 39 heavy (non-hydrogen) atoms. The molecule has 0 amide bonds. The van der Waals surface area contributed by atoms with Crippen LogP contribution in [0.4, 0.5) is 15.8 Å². The fraction of sp³-hybridized carbons (Fsp3) is 0.438. The Bertz CT molecular complexity index is 1140. The van der Waals surface area contributed by atoms with Crippen molar-refractivity contribution in [3.63, 3.8) is 0 Å². The average molecular weight is 536 g/mol. The first-order valence-electron chi connectivity index (χ1n) is 14.1. The lowest BCUT2D eigenvalue weighted by Crippen LogP contribution is -2.50. The molecule has 1 unspecified atom stereocenters. The Labute approximate surface area is 234 Å². The number of hydrogen-bond donors (Lipinski definition) is 2. The zero-order valence-corrected chi connectivity index (χ0v) is 24.9. The summed E-state index contributed by atoms with van der Waals surface area (Å²) in [4.78, 5) is 11.2. The molecular formula is C32H46FN5O. The summed E-state index contributed by atoms with van der Waals surface area (Å²) in [5, 5.41) is 6.97. The van der Waals surface area contributed by atoms with Gasteiger partial charge in [0.25, 0.3) is 0 Å². The van der Waals surface area contributed by atoms with Gasteiger partial charge in [-0.25, -0.2) is 4.39 Å². The highest BCUT2D eigenvalue weighted by Crippen LogP contribution is 2.30. The van der Waals surface area contributed by atoms with Gasteiger partial charge in [0, 0.05) is 18.4 Å². The zero-order chi connectivity index (χ0) is 28.8. The van der Waals surface area contributed by atoms with Gasteiger partial charge >= 0.3 is 0 Å². The van der Waals surface area contributed by atoms with Crippen LogP contribution in [0.15, 0.2) is 76.4 Å². The summed E-state index contributed by atoms with van der Waals surface area (Å²) >= 11 is 0. The summed E-state index contributed by atoms with van der Waals surface area (Å²) in [6.07, 6.45) is 10.9. The number of nitrogens with zero attached hydrogens (tertiary/aromatic N) is 3. The highest BCUT2D eigenvalue weighted by molar-refractivity contribution is 5.99. The quantitative estimate of drug-likeness (QED) is 0.356. The average Bonchev–Trinajstić information content (AvgIpc) is 2.96. The van der Waals surface area contributed by atoms with Crippen molar-refractivity contribution in [2.24, 2.45) is 9.98 Å². The summed E-state index contributed by atoms with van der Waals surface area (Å²) < 4.78 is 18.9. The highest BCUT2D eigenvalue weighted by Gasteiger charge is 2.22. The maximum atomic E-state index is 13.3. The summed E-state index contributed by atoms with van der Waals surface area (Å²) in [5.74, 6) is 1.47. The van der Waals surface area contributed by atoms with Crippen molar-refractivity contribution < 1.29 is 9.13 Å². The maximum Gasteiger partial charge on any atom is 0.143 e. The highest BCUT2D eigenvalue weighted by atomic mass is 19.1. The van der Waals surface area contributed by atoms with Gasteiger partial charge in [-0.05, 0) is 93.6 Å². The monoisotopic (exact) mass is 535 g/mol. The number of allylic oxidation sites excluding steroid dienone is 1. The minimum Gasteiger partial charge on any atom is -0.495 e. The predicted octanol–water partition coefficient (Wildman–Crippen LogP) is 7.74. The Balaban J connectivity index is 0.00000127. The van der Waals surface area contributed by atoms with E-state index in [0.717, 1.165) is 54.3 Å². The van der Waals surface area contributed by atoms with Crippen molar-refractivity contribution in [2.75, 3.05) is 23.9 Å². The van der Waals surface area contributed by atoms with Crippen LogP contribution in [0.25, 0.3) is 0 Å². The van der Waals surface area contributed by atoms with Gasteiger partial charge in [0.2, 0.25) is 0 Å². The number of amidine groups is 1. The lowest BCUT2D eigenvalue weighted by molar-refractivity contribution is 0.415. The van der Waals surface area contributed by atoms with Crippen LogP contribution >= 0.6 is 0 Å². The van der Waals surface area contributed by atoms with Gasteiger partial charge in [-0.1, -0.05) is 39.8 Å². The van der Waals surface area contributed by atoms with Crippen LogP contribution in [0.1, 0.15) is 66.9 Å². The molecule has 2 aromatic carbocycles. The van der Waals surface area contributed by atoms with Crippen LogP contribution < -0.4 is 20.3 Å². The van der Waals surface area contributed by atoms with E-state index in [1.165, 1.54) is 17.7 Å². The normalized spacial score (nSPS) is 17.4. The van der Waals surface area contributed by atoms with Crippen molar-refractivity contribution >= 4 is 23.5 Å². The van der Waals surface area contributed by atoms with E-state index in [1.54, 1.807) is 19.2 Å². The van der Waals surface area contributed by atoms with Gasteiger partial charge < -0.3 is 20.3 Å². The summed E-state index contributed by atoms with van der Waals surface area (Å²) in [6, 6.07) is 12.9. The summed E-state index contributed by atoms with van der Waals surface area (Å²) in [7, 11) is 1.69. The van der Waals surface area contributed by atoms with Gasteiger partial charge in [0.05, 0.1) is 25.2 Å². The second kappa shape index (κ2) is 15.7. The minimum atomic E-state index is -0.459. The Morgan fingerprint density at radius 1 is 1.08 bits per heavy atom. The van der Waals surface area contributed by atoms with Crippen molar-refractivity contribution in [1.82, 2.24) is 5.32 Å². The number of ether oxygens (including phenoxy) is 1. The molecule has 2 aliphatic heterocycles. The van der Waals surface area contributed by atoms with Gasteiger partial charge in [0.15, 0.2) is 0 Å². The first-order valence-corrected chi connectivity index (χ1v) is 14.1. The molecular weight excluding hydrogens is 489 g/mol. The van der Waals surface area contributed by atoms with E-state index in [-0.39, 0.29) is 11.9 Å². The summed E-state index contributed by atoms with van der Waals surface area (Å²) in [6.45, 7) is 15.0. The molecule has 4 rings (SSSR count). The minimum absolute atomic E-state index is 0.193. The fourth-order valence-corrected chi connectivity index (χ4v) is 4.15. The molecule has 0 saturated heterocycles. The topological polar surface area (TPSA) is 61.2 Å². The fourth-order valence-electron chi connectivity index (χ4n) is 4.15. The Kier molecular flexibility index (Phi) is 12.7. The first kappa shape index (κ1) is 31.6. The van der Waals surface area contributed by atoms with Crippen molar-refractivity contribution in [3.05, 3.63) is 77.8 Å². The van der Waals surface area contributed by atoms with Crippen molar-refractivity contribution in [2.45, 2.75) is 79.4 Å². The molecule has 0 radical (unpaired) electrons. The molecule has 1 atom stereocenters. The number of aliphatic imine (C=N–C) groups is 2. The molecule has 2 heterocycles. The smallest absolute Gasteiger partial charge is 0.143 e. The molecule has 0 spiro atoms. The molecule has 0 saturated carbocycles. The molecule has 0 bridgehead atoms. The molecule has 0 aliphatic carbocycles. The molecule has 7 heteroatoms. The van der Waals surface area contributed by atoms with Crippen molar-refractivity contribution in [3.8, 4) is 5.75 Å². The standard InChI is InChI=1S/C28H34FN5O.2C2H6/c1-20-15-17-34(19-31-20)25-14-8-21(18-26(25)35-4)7-9-22-6-5-16-30-27(22)33-28(2,3)32-24-12-10-23(29)11-13-24;2*1-2/h8-15,17-20,32H,5-7,16H2,1-4H3,(H,30,33);2*1-2H3/b22-9+;;. The number of anilines is 2. The van der Waals surface area contributed by atoms with Crippen molar-refractivity contribution in [1.29, 1.82) is 0 Å². The molecule has 212 valence electrons. The van der Waals surface area contributed by atoms with Crippen LogP contribution in [0.2, 0.25) is 0 Å². The summed E-state index contributed by atoms with van der Waals surface area (Å²) in [5.41, 5.74) is 3.72. The van der Waals surface area contributed by atoms with Crippen LogP contribution in [0.3, 0.4) is 0 Å². The first-order chi connectivity index (χ1) is 18.8. The number of benzene rings is 2. The van der Waals surface area contributed by atoms with E-state index in [1.807, 2.05) is 59.0 Å². The maximum absolute atomic E-state index is 13.3. The number of methoxy groups -OCH3 is 1. The predicted molar refractivity (Wildman–Crippen MR) is 166 cm³/mol. The van der Waals surface area contributed by atoms with E-state index in [2.05, 4.69) is 52.9 Å². The van der Waals surface area contributed by atoms with Crippen LogP contribution in [0, 0.1) is 5.82 Å². The van der Waals surface area contributed by atoms with Gasteiger partial charge in [0.1, 0.15) is 23.1 Å². The molecule has 2 aromatic rings. The Hall–Kier alpha value is -3.61. The lowest BCUT2D eigenvalue weighted by Gasteiger charge is -2.32. The third-order valence-corrected chi connectivity index (χ3v) is 5.97. The van der Waals surface area contributed by atoms with E-state index < -0.39 is 5.66 Å². The van der Waals surface area contributed by atoms with E-state index in [0.29, 0.717) is 0 Å². The number of hydrogen-bond acceptors (Lipinski definition) is 6. The Morgan fingerprint density at radius 3 is 2.44 bits per heavy atom. The molecule has 2 N–H and O–H groups in total. The third kappa shape index (κ3) is 9.57. The zero-order valence-electron chi connectivity index (χ0n) is 24.9. The SMILES string of the molecule is CC.CC.COc1cc(C/C=C2\CCCN=C2NC(C)(C)Nc2ccc(F)cc2)ccc1N1C=CC(C)N=C1. The van der Waals surface area contributed by atoms with Crippen LogP contribution in [0.5, 0.6) is 5.75 Å². The van der Waals surface area contributed by atoms with Gasteiger partial charge in [-0.15, -0.1) is 0 Å². The lowest BCUT2D eigenvalue weighted by atomic mass is 10.0. The molecule has 0 aromatic heterocycles. The molecule has 6 nitrogen and oxygen atoms in total. The number of nitrogens with one attached hydrogen (secondary N) is 2. The number of halogens is 1. The third-order valence-electron chi connectivity index (χ3n) is 5.97. The van der Waals surface area contributed by atoms with E-state index in [4.69, 9.17) is 9.73 Å². The number of rotatable bonds is 7. The largest absolute Gasteiger partial charge is 0.495 e. The second-order valence-electron chi connectivity index (χ2n) is 9.41. The van der Waals surface area contributed by atoms with E-state index >= 15 is 0 Å². The second-order valence-corrected chi connectivity index (χ2v) is 9.41. The van der Waals surface area contributed by atoms with Crippen LogP contribution in [-0.4, -0.2) is 37.5 Å². The molecule has 0 fully saturated rings. The molecule has 2 aliphatic rings. The van der Waals surface area contributed by atoms with E-state index in [9.17, 15) is 4.39 Å².